The van der Waals surface area contributed by atoms with Crippen LogP contribution in [0, 0.1) is 34.3 Å². The van der Waals surface area contributed by atoms with E-state index in [9.17, 15) is 13.6 Å². The smallest absolute Gasteiger partial charge is 0.240 e. The molecule has 0 aliphatic rings. The second-order valence-electron chi connectivity index (χ2n) is 9.44. The summed E-state index contributed by atoms with van der Waals surface area (Å²) in [5.41, 5.74) is 11.2. The monoisotopic (exact) mass is 536 g/mol. The normalized spacial score (nSPS) is 10.2. The van der Waals surface area contributed by atoms with Crippen LogP contribution in [0.3, 0.4) is 0 Å². The maximum atomic E-state index is 13.9. The molecule has 0 saturated carbocycles. The molecule has 2 aromatic carbocycles. The lowest BCUT2D eigenvalue weighted by molar-refractivity contribution is 0.565. The van der Waals surface area contributed by atoms with Crippen LogP contribution in [0.4, 0.5) is 20.2 Å². The Bertz CT molecular complexity index is 1680. The van der Waals surface area contributed by atoms with Crippen LogP contribution in [-0.4, -0.2) is 16.0 Å². The third-order valence-electron chi connectivity index (χ3n) is 6.05. The molecule has 0 aliphatic carbocycles. The van der Waals surface area contributed by atoms with Crippen LogP contribution < -0.4 is 5.73 Å². The number of hydrogen-bond donors (Lipinski definition) is 1. The van der Waals surface area contributed by atoms with Gasteiger partial charge in [-0.1, -0.05) is 27.7 Å². The second kappa shape index (κ2) is 13.0. The lowest BCUT2D eigenvalue weighted by atomic mass is 9.94. The number of isocyanates is 1. The molecule has 0 fully saturated rings. The van der Waals surface area contributed by atoms with Crippen molar-refractivity contribution < 1.29 is 13.6 Å². The Morgan fingerprint density at radius 1 is 0.775 bits per heavy atom. The summed E-state index contributed by atoms with van der Waals surface area (Å²) < 4.78 is 27.6. The Kier molecular flexibility index (Phi) is 9.54. The van der Waals surface area contributed by atoms with Gasteiger partial charge in [0.2, 0.25) is 6.08 Å². The summed E-state index contributed by atoms with van der Waals surface area (Å²) in [5, 5.41) is 17.8. The first-order chi connectivity index (χ1) is 19.1. The molecule has 9 heteroatoms. The molecule has 0 spiro atoms. The number of nitriles is 2. The molecule has 2 aromatic heterocycles. The van der Waals surface area contributed by atoms with Crippen LogP contribution in [0.5, 0.6) is 0 Å². The molecule has 40 heavy (non-hydrogen) atoms. The average Bonchev–Trinajstić information content (AvgIpc) is 2.95. The van der Waals surface area contributed by atoms with Gasteiger partial charge in [-0.3, -0.25) is 0 Å². The third kappa shape index (κ3) is 6.79. The standard InChI is InChI=1S/C16H12FN3O.C15H14FN3/c1-10(2)14-6-12(17)7-15(16(14)20-9-21)11-3-4-19-13(5-11)8-18;1-9(2)13-6-11(16)7-14(15(13)18)10-3-4-19-12(5-10)8-17/h3-7,10H,1-2H3;3-7,9H,18H2,1-2H3. The van der Waals surface area contributed by atoms with E-state index in [1.165, 1.54) is 48.8 Å². The molecule has 0 aliphatic heterocycles. The first-order valence-corrected chi connectivity index (χ1v) is 12.3. The van der Waals surface area contributed by atoms with Gasteiger partial charge in [-0.25, -0.2) is 23.5 Å². The molecule has 2 heterocycles. The molecule has 4 rings (SSSR count). The van der Waals surface area contributed by atoms with Crippen LogP contribution in [0.25, 0.3) is 22.3 Å². The molecule has 7 nitrogen and oxygen atoms in total. The van der Waals surface area contributed by atoms with Crippen molar-refractivity contribution in [2.75, 3.05) is 5.73 Å². The van der Waals surface area contributed by atoms with Gasteiger partial charge in [0.05, 0.1) is 5.69 Å². The van der Waals surface area contributed by atoms with E-state index in [1.54, 1.807) is 18.2 Å². The number of benzene rings is 2. The summed E-state index contributed by atoms with van der Waals surface area (Å²) in [4.78, 5) is 22.2. The first-order valence-electron chi connectivity index (χ1n) is 12.3. The van der Waals surface area contributed by atoms with Crippen molar-refractivity contribution >= 4 is 17.5 Å². The fourth-order valence-electron chi connectivity index (χ4n) is 4.12. The van der Waals surface area contributed by atoms with Crippen molar-refractivity contribution in [3.8, 4) is 34.4 Å². The van der Waals surface area contributed by atoms with Crippen molar-refractivity contribution in [3.63, 3.8) is 0 Å². The SMILES string of the molecule is CC(C)c1cc(F)cc(-c2ccnc(C#N)c2)c1N.CC(C)c1cc(F)cc(-c2ccnc(C#N)c2)c1N=C=O. The zero-order valence-electron chi connectivity index (χ0n) is 22.4. The average molecular weight is 537 g/mol. The summed E-state index contributed by atoms with van der Waals surface area (Å²) in [6.45, 7) is 7.69. The van der Waals surface area contributed by atoms with Crippen LogP contribution in [0.15, 0.2) is 65.9 Å². The number of aromatic nitrogens is 2. The summed E-state index contributed by atoms with van der Waals surface area (Å²) in [6.07, 6.45) is 4.49. The molecule has 0 radical (unpaired) electrons. The molecular formula is C31H26F2N6O. The van der Waals surface area contributed by atoms with E-state index < -0.39 is 5.82 Å². The molecule has 0 unspecified atom stereocenters. The van der Waals surface area contributed by atoms with Gasteiger partial charge < -0.3 is 5.73 Å². The van der Waals surface area contributed by atoms with Crippen LogP contribution in [-0.2, 0) is 4.79 Å². The summed E-state index contributed by atoms with van der Waals surface area (Å²) in [6, 6.07) is 15.9. The number of hydrogen-bond acceptors (Lipinski definition) is 7. The molecule has 0 bridgehead atoms. The number of nitrogens with zero attached hydrogens (tertiary/aromatic N) is 5. The first kappa shape index (κ1) is 29.3. The quantitative estimate of drug-likeness (QED) is 0.162. The van der Waals surface area contributed by atoms with E-state index >= 15 is 0 Å². The minimum atomic E-state index is -0.422. The zero-order chi connectivity index (χ0) is 29.4. The Hall–Kier alpha value is -5.24. The number of nitrogens with two attached hydrogens (primary N) is 1. The topological polar surface area (TPSA) is 129 Å². The largest absolute Gasteiger partial charge is 0.398 e. The molecule has 0 amide bonds. The number of pyridine rings is 2. The number of halogens is 2. The Morgan fingerprint density at radius 2 is 1.25 bits per heavy atom. The number of rotatable bonds is 5. The van der Waals surface area contributed by atoms with Gasteiger partial charge in [0.1, 0.15) is 35.2 Å². The summed E-state index contributed by atoms with van der Waals surface area (Å²) in [7, 11) is 0. The van der Waals surface area contributed by atoms with Gasteiger partial charge in [-0.05, 0) is 82.6 Å². The maximum Gasteiger partial charge on any atom is 0.240 e. The fraction of sp³-hybridized carbons (Fsp3) is 0.194. The zero-order valence-corrected chi connectivity index (χ0v) is 22.4. The van der Waals surface area contributed by atoms with Crippen molar-refractivity contribution in [1.29, 1.82) is 10.5 Å². The summed E-state index contributed by atoms with van der Waals surface area (Å²) >= 11 is 0. The number of aliphatic imine (C=N–C) groups is 1. The molecular weight excluding hydrogens is 510 g/mol. The highest BCUT2D eigenvalue weighted by Gasteiger charge is 2.16. The molecule has 0 saturated heterocycles. The number of nitrogen functional groups attached to an aromatic ring is 1. The van der Waals surface area contributed by atoms with Crippen LogP contribution in [0.2, 0.25) is 0 Å². The fourth-order valence-corrected chi connectivity index (χ4v) is 4.12. The van der Waals surface area contributed by atoms with Gasteiger partial charge in [-0.15, -0.1) is 0 Å². The minimum absolute atomic E-state index is 0.0103. The van der Waals surface area contributed by atoms with E-state index in [2.05, 4.69) is 15.0 Å². The highest BCUT2D eigenvalue weighted by Crippen LogP contribution is 2.38. The van der Waals surface area contributed by atoms with E-state index in [1.807, 2.05) is 39.8 Å². The molecule has 200 valence electrons. The Balaban J connectivity index is 0.000000222. The second-order valence-corrected chi connectivity index (χ2v) is 9.44. The van der Waals surface area contributed by atoms with Crippen molar-refractivity contribution in [1.82, 2.24) is 9.97 Å². The lowest BCUT2D eigenvalue weighted by Crippen LogP contribution is -2.01. The van der Waals surface area contributed by atoms with Crippen LogP contribution in [0.1, 0.15) is 62.0 Å². The van der Waals surface area contributed by atoms with Crippen LogP contribution >= 0.6 is 0 Å². The predicted octanol–water partition coefficient (Wildman–Crippen LogP) is 7.32. The van der Waals surface area contributed by atoms with E-state index in [4.69, 9.17) is 16.3 Å². The number of anilines is 1. The Morgan fingerprint density at radius 3 is 1.73 bits per heavy atom. The van der Waals surface area contributed by atoms with Crippen molar-refractivity contribution in [2.45, 2.75) is 39.5 Å². The molecule has 0 atom stereocenters. The summed E-state index contributed by atoms with van der Waals surface area (Å²) in [5.74, 6) is -0.632. The van der Waals surface area contributed by atoms with Gasteiger partial charge in [0.15, 0.2) is 0 Å². The lowest BCUT2D eigenvalue weighted by Gasteiger charge is -2.14. The highest BCUT2D eigenvalue weighted by molar-refractivity contribution is 5.81. The maximum absolute atomic E-state index is 13.9. The predicted molar refractivity (Wildman–Crippen MR) is 149 cm³/mol. The van der Waals surface area contributed by atoms with E-state index in [0.29, 0.717) is 39.2 Å². The van der Waals surface area contributed by atoms with Gasteiger partial charge in [0, 0.05) is 29.2 Å². The van der Waals surface area contributed by atoms with Crippen molar-refractivity contribution in [3.05, 3.63) is 95.1 Å². The van der Waals surface area contributed by atoms with Gasteiger partial charge >= 0.3 is 0 Å². The van der Waals surface area contributed by atoms with Gasteiger partial charge in [-0.2, -0.15) is 15.5 Å². The highest BCUT2D eigenvalue weighted by atomic mass is 19.1. The van der Waals surface area contributed by atoms with Gasteiger partial charge in [0.25, 0.3) is 0 Å². The molecule has 2 N–H and O–H groups in total. The van der Waals surface area contributed by atoms with E-state index in [0.717, 1.165) is 5.56 Å². The van der Waals surface area contributed by atoms with E-state index in [-0.39, 0.29) is 29.0 Å². The molecule has 4 aromatic rings. The van der Waals surface area contributed by atoms with Crippen molar-refractivity contribution in [2.24, 2.45) is 4.99 Å². The minimum Gasteiger partial charge on any atom is -0.398 e. The third-order valence-corrected chi connectivity index (χ3v) is 6.05. The Labute approximate surface area is 231 Å². The number of carbonyl (C=O) groups excluding carboxylic acids is 1.